The molecular formula is C14H20ClFN2. The smallest absolute Gasteiger partial charge is 0.123 e. The minimum absolute atomic E-state index is 0.168. The van der Waals surface area contributed by atoms with Gasteiger partial charge >= 0.3 is 0 Å². The van der Waals surface area contributed by atoms with Crippen LogP contribution in [0.5, 0.6) is 0 Å². The Bertz CT molecular complexity index is 347. The fourth-order valence-electron chi connectivity index (χ4n) is 2.31. The van der Waals surface area contributed by atoms with Crippen LogP contribution in [0.1, 0.15) is 12.8 Å². The molecule has 2 nitrogen and oxygen atoms in total. The van der Waals surface area contributed by atoms with Gasteiger partial charge in [0.05, 0.1) is 0 Å². The summed E-state index contributed by atoms with van der Waals surface area (Å²) in [6, 6.07) is 6.78. The van der Waals surface area contributed by atoms with Gasteiger partial charge in [-0.3, -0.25) is 4.90 Å². The molecule has 18 heavy (non-hydrogen) atoms. The molecule has 0 spiro atoms. The standard InChI is InChI=1S/C14H20ClFN2/c15-7-1-2-8-17-9-11-18(12-10-17)14-5-3-13(16)4-6-14/h3-6H,1-2,7-12H2. The summed E-state index contributed by atoms with van der Waals surface area (Å²) in [5, 5.41) is 0. The van der Waals surface area contributed by atoms with E-state index >= 15 is 0 Å². The number of alkyl halides is 1. The molecule has 1 aromatic rings. The van der Waals surface area contributed by atoms with Crippen LogP contribution in [0, 0.1) is 5.82 Å². The molecule has 4 heteroatoms. The Morgan fingerprint density at radius 3 is 2.28 bits per heavy atom. The minimum atomic E-state index is -0.168. The summed E-state index contributed by atoms with van der Waals surface area (Å²) < 4.78 is 12.9. The number of nitrogens with zero attached hydrogens (tertiary/aromatic N) is 2. The maximum absolute atomic E-state index is 12.9. The molecule has 1 aliphatic rings. The van der Waals surface area contributed by atoms with Gasteiger partial charge in [0.1, 0.15) is 5.82 Å². The molecule has 0 N–H and O–H groups in total. The fraction of sp³-hybridized carbons (Fsp3) is 0.571. The van der Waals surface area contributed by atoms with Gasteiger partial charge in [-0.2, -0.15) is 0 Å². The van der Waals surface area contributed by atoms with Crippen molar-refractivity contribution in [3.8, 4) is 0 Å². The number of piperazine rings is 1. The molecule has 0 aromatic heterocycles. The molecule has 2 rings (SSSR count). The van der Waals surface area contributed by atoms with E-state index in [1.165, 1.54) is 18.6 Å². The van der Waals surface area contributed by atoms with Crippen molar-refractivity contribution in [2.45, 2.75) is 12.8 Å². The molecule has 1 heterocycles. The Kier molecular flexibility index (Phi) is 5.26. The number of hydrogen-bond donors (Lipinski definition) is 0. The quantitative estimate of drug-likeness (QED) is 0.600. The van der Waals surface area contributed by atoms with Gasteiger partial charge in [0, 0.05) is 37.7 Å². The molecular weight excluding hydrogens is 251 g/mol. The molecule has 1 saturated heterocycles. The van der Waals surface area contributed by atoms with Gasteiger partial charge < -0.3 is 4.90 Å². The third-order valence-corrected chi connectivity index (χ3v) is 3.69. The van der Waals surface area contributed by atoms with Gasteiger partial charge in [0.25, 0.3) is 0 Å². The highest BCUT2D eigenvalue weighted by atomic mass is 35.5. The predicted octanol–water partition coefficient (Wildman–Crippen LogP) is 2.97. The summed E-state index contributed by atoms with van der Waals surface area (Å²) in [7, 11) is 0. The van der Waals surface area contributed by atoms with E-state index in [1.54, 1.807) is 0 Å². The molecule has 0 saturated carbocycles. The van der Waals surface area contributed by atoms with Crippen LogP contribution in [-0.2, 0) is 0 Å². The largest absolute Gasteiger partial charge is 0.369 e. The van der Waals surface area contributed by atoms with Crippen molar-refractivity contribution in [3.05, 3.63) is 30.1 Å². The maximum atomic E-state index is 12.9. The topological polar surface area (TPSA) is 6.48 Å². The number of halogens is 2. The minimum Gasteiger partial charge on any atom is -0.369 e. The van der Waals surface area contributed by atoms with Crippen LogP contribution in [0.4, 0.5) is 10.1 Å². The molecule has 0 bridgehead atoms. The van der Waals surface area contributed by atoms with Crippen LogP contribution < -0.4 is 4.90 Å². The van der Waals surface area contributed by atoms with E-state index in [2.05, 4.69) is 9.80 Å². The van der Waals surface area contributed by atoms with E-state index in [0.29, 0.717) is 0 Å². The number of anilines is 1. The van der Waals surface area contributed by atoms with Gasteiger partial charge in [-0.25, -0.2) is 4.39 Å². The molecule has 1 fully saturated rings. The summed E-state index contributed by atoms with van der Waals surface area (Å²) in [5.41, 5.74) is 1.12. The lowest BCUT2D eigenvalue weighted by Crippen LogP contribution is -2.46. The zero-order chi connectivity index (χ0) is 12.8. The van der Waals surface area contributed by atoms with Gasteiger partial charge in [-0.05, 0) is 43.7 Å². The van der Waals surface area contributed by atoms with Crippen LogP contribution in [0.25, 0.3) is 0 Å². The molecule has 0 atom stereocenters. The summed E-state index contributed by atoms with van der Waals surface area (Å²) in [6.07, 6.45) is 2.28. The van der Waals surface area contributed by atoms with Crippen LogP contribution in [0.15, 0.2) is 24.3 Å². The summed E-state index contributed by atoms with van der Waals surface area (Å²) >= 11 is 5.68. The van der Waals surface area contributed by atoms with Crippen LogP contribution in [0.2, 0.25) is 0 Å². The van der Waals surface area contributed by atoms with Crippen molar-refractivity contribution in [1.82, 2.24) is 4.90 Å². The number of rotatable bonds is 5. The number of unbranched alkanes of at least 4 members (excludes halogenated alkanes) is 1. The van der Waals surface area contributed by atoms with E-state index < -0.39 is 0 Å². The Morgan fingerprint density at radius 2 is 1.67 bits per heavy atom. The molecule has 1 aromatic carbocycles. The third kappa shape index (κ3) is 3.85. The Morgan fingerprint density at radius 1 is 1.00 bits per heavy atom. The van der Waals surface area contributed by atoms with Gasteiger partial charge in [0.2, 0.25) is 0 Å². The third-order valence-electron chi connectivity index (χ3n) is 3.42. The van der Waals surface area contributed by atoms with Crippen LogP contribution in [-0.4, -0.2) is 43.5 Å². The molecule has 100 valence electrons. The SMILES string of the molecule is Fc1ccc(N2CCN(CCCCCl)CC2)cc1. The highest BCUT2D eigenvalue weighted by molar-refractivity contribution is 6.17. The molecule has 0 unspecified atom stereocenters. The first-order valence-corrected chi connectivity index (χ1v) is 7.12. The number of benzene rings is 1. The van der Waals surface area contributed by atoms with Crippen LogP contribution >= 0.6 is 11.6 Å². The normalized spacial score (nSPS) is 17.1. The molecule has 1 aliphatic heterocycles. The summed E-state index contributed by atoms with van der Waals surface area (Å²) in [4.78, 5) is 4.80. The first-order valence-electron chi connectivity index (χ1n) is 6.58. The second kappa shape index (κ2) is 6.95. The van der Waals surface area contributed by atoms with Crippen molar-refractivity contribution in [2.24, 2.45) is 0 Å². The highest BCUT2D eigenvalue weighted by Crippen LogP contribution is 2.17. The van der Waals surface area contributed by atoms with Crippen molar-refractivity contribution >= 4 is 17.3 Å². The lowest BCUT2D eigenvalue weighted by Gasteiger charge is -2.36. The van der Waals surface area contributed by atoms with E-state index in [4.69, 9.17) is 11.6 Å². The van der Waals surface area contributed by atoms with Gasteiger partial charge in [-0.15, -0.1) is 11.6 Å². The summed E-state index contributed by atoms with van der Waals surface area (Å²) in [6.45, 7) is 5.35. The second-order valence-electron chi connectivity index (χ2n) is 4.70. The van der Waals surface area contributed by atoms with Gasteiger partial charge in [0.15, 0.2) is 0 Å². The van der Waals surface area contributed by atoms with Crippen molar-refractivity contribution < 1.29 is 4.39 Å². The predicted molar refractivity (Wildman–Crippen MR) is 75.0 cm³/mol. The average Bonchev–Trinajstić information content (AvgIpc) is 2.41. The van der Waals surface area contributed by atoms with Crippen LogP contribution in [0.3, 0.4) is 0 Å². The van der Waals surface area contributed by atoms with Gasteiger partial charge in [-0.1, -0.05) is 0 Å². The maximum Gasteiger partial charge on any atom is 0.123 e. The van der Waals surface area contributed by atoms with E-state index in [0.717, 1.165) is 50.7 Å². The lowest BCUT2D eigenvalue weighted by molar-refractivity contribution is 0.254. The average molecular weight is 271 g/mol. The Labute approximate surface area is 113 Å². The van der Waals surface area contributed by atoms with Crippen molar-refractivity contribution in [3.63, 3.8) is 0 Å². The highest BCUT2D eigenvalue weighted by Gasteiger charge is 2.16. The second-order valence-corrected chi connectivity index (χ2v) is 5.08. The van der Waals surface area contributed by atoms with E-state index in [1.807, 2.05) is 12.1 Å². The fourth-order valence-corrected chi connectivity index (χ4v) is 2.50. The van der Waals surface area contributed by atoms with Crippen molar-refractivity contribution in [1.29, 1.82) is 0 Å². The van der Waals surface area contributed by atoms with E-state index in [-0.39, 0.29) is 5.82 Å². The Balaban J connectivity index is 1.77. The number of hydrogen-bond acceptors (Lipinski definition) is 2. The van der Waals surface area contributed by atoms with E-state index in [9.17, 15) is 4.39 Å². The molecule has 0 amide bonds. The first-order chi connectivity index (χ1) is 8.79. The zero-order valence-corrected chi connectivity index (χ0v) is 11.4. The van der Waals surface area contributed by atoms with Crippen molar-refractivity contribution in [2.75, 3.05) is 43.5 Å². The first kappa shape index (κ1) is 13.6. The monoisotopic (exact) mass is 270 g/mol. The molecule has 0 aliphatic carbocycles. The lowest BCUT2D eigenvalue weighted by atomic mass is 10.2. The molecule has 0 radical (unpaired) electrons. The Hall–Kier alpha value is -0.800. The summed E-state index contributed by atoms with van der Waals surface area (Å²) in [5.74, 6) is 0.591. The zero-order valence-electron chi connectivity index (χ0n) is 10.6.